The monoisotopic (exact) mass is 220 g/mol. The van der Waals surface area contributed by atoms with Crippen molar-refractivity contribution < 1.29 is 15.0 Å². The van der Waals surface area contributed by atoms with E-state index < -0.39 is 18.0 Å². The molecule has 1 aromatic carbocycles. The fraction of sp³-hybridized carbons (Fsp3) is 0.462. The van der Waals surface area contributed by atoms with Crippen molar-refractivity contribution in [1.29, 1.82) is 0 Å². The number of benzene rings is 1. The Kier molecular flexibility index (Phi) is 2.97. The molecule has 1 aliphatic carbocycles. The molecule has 0 bridgehead atoms. The summed E-state index contributed by atoms with van der Waals surface area (Å²) < 4.78 is 0. The molecule has 0 radical (unpaired) electrons. The van der Waals surface area contributed by atoms with Gasteiger partial charge in [0.15, 0.2) is 0 Å². The molecule has 0 fully saturated rings. The topological polar surface area (TPSA) is 57.5 Å². The average Bonchev–Trinajstić information content (AvgIpc) is 2.28. The molecule has 2 rings (SSSR count). The fourth-order valence-electron chi connectivity index (χ4n) is 2.53. The van der Waals surface area contributed by atoms with Gasteiger partial charge in [-0.15, -0.1) is 0 Å². The molecule has 86 valence electrons. The minimum absolute atomic E-state index is 0.276. The largest absolute Gasteiger partial charge is 0.481 e. The lowest BCUT2D eigenvalue weighted by atomic mass is 9.74. The van der Waals surface area contributed by atoms with Crippen LogP contribution in [-0.4, -0.2) is 22.3 Å². The molecular weight excluding hydrogens is 204 g/mol. The molecule has 2 N–H and O–H groups in total. The summed E-state index contributed by atoms with van der Waals surface area (Å²) in [6.45, 7) is 1.66. The van der Waals surface area contributed by atoms with E-state index in [2.05, 4.69) is 0 Å². The summed E-state index contributed by atoms with van der Waals surface area (Å²) in [5.74, 6) is -1.67. The minimum Gasteiger partial charge on any atom is -0.481 e. The first-order chi connectivity index (χ1) is 7.61. The predicted octanol–water partition coefficient (Wildman–Crippen LogP) is 1.80. The van der Waals surface area contributed by atoms with Crippen LogP contribution >= 0.6 is 0 Å². The van der Waals surface area contributed by atoms with E-state index in [9.17, 15) is 9.90 Å². The maximum absolute atomic E-state index is 11.0. The normalized spacial score (nSPS) is 25.9. The Bertz CT molecular complexity index is 400. The smallest absolute Gasteiger partial charge is 0.306 e. The van der Waals surface area contributed by atoms with Gasteiger partial charge in [-0.05, 0) is 24.0 Å². The summed E-state index contributed by atoms with van der Waals surface area (Å²) in [6, 6.07) is 7.81. The summed E-state index contributed by atoms with van der Waals surface area (Å²) in [6.07, 6.45) is 0.945. The maximum Gasteiger partial charge on any atom is 0.306 e. The van der Waals surface area contributed by atoms with Crippen LogP contribution in [0.25, 0.3) is 0 Å². The van der Waals surface area contributed by atoms with Gasteiger partial charge in [0.05, 0.1) is 12.0 Å². The molecule has 3 nitrogen and oxygen atoms in total. The third-order valence-corrected chi connectivity index (χ3v) is 3.47. The highest BCUT2D eigenvalue weighted by molar-refractivity contribution is 5.71. The second-order valence-electron chi connectivity index (χ2n) is 4.46. The second kappa shape index (κ2) is 4.26. The van der Waals surface area contributed by atoms with Crippen LogP contribution < -0.4 is 0 Å². The summed E-state index contributed by atoms with van der Waals surface area (Å²) in [5, 5.41) is 19.0. The first kappa shape index (κ1) is 11.1. The van der Waals surface area contributed by atoms with E-state index in [-0.39, 0.29) is 5.92 Å². The zero-order valence-corrected chi connectivity index (χ0v) is 9.26. The van der Waals surface area contributed by atoms with Gasteiger partial charge in [-0.2, -0.15) is 0 Å². The van der Waals surface area contributed by atoms with Gasteiger partial charge in [0, 0.05) is 5.92 Å². The summed E-state index contributed by atoms with van der Waals surface area (Å²) >= 11 is 0. The van der Waals surface area contributed by atoms with E-state index in [1.54, 1.807) is 6.92 Å². The summed E-state index contributed by atoms with van der Waals surface area (Å²) in [7, 11) is 0. The zero-order valence-electron chi connectivity index (χ0n) is 9.26. The molecule has 0 aromatic heterocycles. The van der Waals surface area contributed by atoms with Gasteiger partial charge in [-0.3, -0.25) is 4.79 Å². The number of carboxylic acid groups (broad SMARTS) is 1. The molecule has 3 heteroatoms. The predicted molar refractivity (Wildman–Crippen MR) is 60.3 cm³/mol. The molecule has 1 aliphatic rings. The first-order valence-corrected chi connectivity index (χ1v) is 5.60. The van der Waals surface area contributed by atoms with Crippen molar-refractivity contribution in [3.63, 3.8) is 0 Å². The van der Waals surface area contributed by atoms with Crippen molar-refractivity contribution in [1.82, 2.24) is 0 Å². The van der Waals surface area contributed by atoms with Crippen molar-refractivity contribution in [3.05, 3.63) is 35.4 Å². The Morgan fingerprint density at radius 1 is 1.44 bits per heavy atom. The number of hydrogen-bond donors (Lipinski definition) is 2. The van der Waals surface area contributed by atoms with Gasteiger partial charge in [0.2, 0.25) is 0 Å². The van der Waals surface area contributed by atoms with Crippen molar-refractivity contribution in [3.8, 4) is 0 Å². The van der Waals surface area contributed by atoms with Crippen molar-refractivity contribution >= 4 is 5.97 Å². The molecule has 3 unspecified atom stereocenters. The Hall–Kier alpha value is -1.35. The lowest BCUT2D eigenvalue weighted by Crippen LogP contribution is -2.33. The SMILES string of the molecule is CC(C(=O)O)C1c2ccccc2CCC1O. The Morgan fingerprint density at radius 2 is 2.12 bits per heavy atom. The van der Waals surface area contributed by atoms with Gasteiger partial charge >= 0.3 is 5.97 Å². The van der Waals surface area contributed by atoms with Crippen LogP contribution in [0.3, 0.4) is 0 Å². The van der Waals surface area contributed by atoms with Crippen LogP contribution in [0.1, 0.15) is 30.4 Å². The highest BCUT2D eigenvalue weighted by Gasteiger charge is 2.35. The van der Waals surface area contributed by atoms with Gasteiger partial charge < -0.3 is 10.2 Å². The van der Waals surface area contributed by atoms with Crippen molar-refractivity contribution in [2.75, 3.05) is 0 Å². The number of carboxylic acids is 1. The number of carbonyl (C=O) groups is 1. The van der Waals surface area contributed by atoms with Crippen molar-refractivity contribution in [2.45, 2.75) is 31.8 Å². The van der Waals surface area contributed by atoms with Gasteiger partial charge in [0.1, 0.15) is 0 Å². The quantitative estimate of drug-likeness (QED) is 0.799. The number of aliphatic carboxylic acids is 1. The molecule has 0 heterocycles. The van der Waals surface area contributed by atoms with Crippen LogP contribution in [0, 0.1) is 5.92 Å². The lowest BCUT2D eigenvalue weighted by molar-refractivity contribution is -0.143. The average molecular weight is 220 g/mol. The molecular formula is C13H16O3. The third kappa shape index (κ3) is 1.83. The fourth-order valence-corrected chi connectivity index (χ4v) is 2.53. The van der Waals surface area contributed by atoms with Crippen LogP contribution in [0.5, 0.6) is 0 Å². The van der Waals surface area contributed by atoms with E-state index in [4.69, 9.17) is 5.11 Å². The standard InChI is InChI=1S/C13H16O3/c1-8(13(15)16)12-10-5-3-2-4-9(10)6-7-11(12)14/h2-5,8,11-12,14H,6-7H2,1H3,(H,15,16). The number of aliphatic hydroxyl groups excluding tert-OH is 1. The van der Waals surface area contributed by atoms with Gasteiger partial charge in [-0.1, -0.05) is 31.2 Å². The van der Waals surface area contributed by atoms with Gasteiger partial charge in [0.25, 0.3) is 0 Å². The number of hydrogen-bond acceptors (Lipinski definition) is 2. The summed E-state index contributed by atoms with van der Waals surface area (Å²) in [5.41, 5.74) is 2.17. The molecule has 0 saturated heterocycles. The third-order valence-electron chi connectivity index (χ3n) is 3.47. The van der Waals surface area contributed by atoms with Crippen LogP contribution in [0.4, 0.5) is 0 Å². The number of aliphatic hydroxyl groups is 1. The maximum atomic E-state index is 11.0. The van der Waals surface area contributed by atoms with Crippen LogP contribution in [0.15, 0.2) is 24.3 Å². The zero-order chi connectivity index (χ0) is 11.7. The van der Waals surface area contributed by atoms with Crippen molar-refractivity contribution in [2.24, 2.45) is 5.92 Å². The minimum atomic E-state index is -0.847. The molecule has 0 aliphatic heterocycles. The first-order valence-electron chi connectivity index (χ1n) is 5.60. The Balaban J connectivity index is 2.40. The van der Waals surface area contributed by atoms with E-state index >= 15 is 0 Å². The number of rotatable bonds is 2. The molecule has 0 spiro atoms. The molecule has 1 aromatic rings. The second-order valence-corrected chi connectivity index (χ2v) is 4.46. The Labute approximate surface area is 94.7 Å². The van der Waals surface area contributed by atoms with Crippen LogP contribution in [-0.2, 0) is 11.2 Å². The molecule has 16 heavy (non-hydrogen) atoms. The molecule has 3 atom stereocenters. The van der Waals surface area contributed by atoms with E-state index in [0.29, 0.717) is 6.42 Å². The number of aryl methyl sites for hydroxylation is 1. The highest BCUT2D eigenvalue weighted by atomic mass is 16.4. The Morgan fingerprint density at radius 3 is 2.81 bits per heavy atom. The summed E-state index contributed by atoms with van der Waals surface area (Å²) in [4.78, 5) is 11.0. The van der Waals surface area contributed by atoms with E-state index in [1.165, 1.54) is 5.56 Å². The molecule has 0 amide bonds. The molecule has 0 saturated carbocycles. The van der Waals surface area contributed by atoms with E-state index in [1.807, 2.05) is 24.3 Å². The highest BCUT2D eigenvalue weighted by Crippen LogP contribution is 2.37. The van der Waals surface area contributed by atoms with Gasteiger partial charge in [-0.25, -0.2) is 0 Å². The lowest BCUT2D eigenvalue weighted by Gasteiger charge is -2.32. The number of fused-ring (bicyclic) bond motifs is 1. The van der Waals surface area contributed by atoms with Crippen LogP contribution in [0.2, 0.25) is 0 Å². The van der Waals surface area contributed by atoms with E-state index in [0.717, 1.165) is 12.0 Å².